The van der Waals surface area contributed by atoms with E-state index in [1.54, 1.807) is 0 Å². The molecular formula is C14H16ClN5. The minimum atomic E-state index is 0.375. The van der Waals surface area contributed by atoms with E-state index < -0.39 is 0 Å². The Labute approximate surface area is 122 Å². The van der Waals surface area contributed by atoms with Crippen molar-refractivity contribution in [3.8, 4) is 0 Å². The Bertz CT molecular complexity index is 771. The predicted octanol–water partition coefficient (Wildman–Crippen LogP) is 2.57. The van der Waals surface area contributed by atoms with Gasteiger partial charge < -0.3 is 4.57 Å². The number of rotatable bonds is 3. The van der Waals surface area contributed by atoms with Gasteiger partial charge in [-0.2, -0.15) is 5.10 Å². The van der Waals surface area contributed by atoms with Crippen molar-refractivity contribution in [2.24, 2.45) is 7.05 Å². The molecule has 5 nitrogen and oxygen atoms in total. The van der Waals surface area contributed by atoms with Crippen molar-refractivity contribution in [1.29, 1.82) is 0 Å². The van der Waals surface area contributed by atoms with Crippen LogP contribution in [0.2, 0.25) is 0 Å². The van der Waals surface area contributed by atoms with E-state index >= 15 is 0 Å². The highest BCUT2D eigenvalue weighted by Gasteiger charge is 2.17. The molecule has 3 aromatic rings. The lowest BCUT2D eigenvalue weighted by Gasteiger charge is -2.09. The Morgan fingerprint density at radius 3 is 2.80 bits per heavy atom. The molecule has 0 saturated heterocycles. The Morgan fingerprint density at radius 2 is 2.10 bits per heavy atom. The molecule has 6 heteroatoms. The van der Waals surface area contributed by atoms with E-state index in [1.807, 2.05) is 30.9 Å². The molecule has 0 amide bonds. The van der Waals surface area contributed by atoms with Crippen LogP contribution in [-0.2, 0) is 19.5 Å². The highest BCUT2D eigenvalue weighted by Crippen LogP contribution is 2.21. The van der Waals surface area contributed by atoms with Gasteiger partial charge in [0.05, 0.1) is 23.8 Å². The van der Waals surface area contributed by atoms with Crippen LogP contribution in [0.3, 0.4) is 0 Å². The van der Waals surface area contributed by atoms with Gasteiger partial charge in [0, 0.05) is 13.2 Å². The maximum Gasteiger partial charge on any atom is 0.159 e. The van der Waals surface area contributed by atoms with Crippen molar-refractivity contribution >= 4 is 22.8 Å². The third-order valence-electron chi connectivity index (χ3n) is 3.51. The normalized spacial score (nSPS) is 11.4. The molecule has 0 aromatic carbocycles. The summed E-state index contributed by atoms with van der Waals surface area (Å²) >= 11 is 6.04. The molecule has 0 radical (unpaired) electrons. The number of imidazole rings is 1. The molecule has 0 spiro atoms. The van der Waals surface area contributed by atoms with Gasteiger partial charge in [0.15, 0.2) is 5.65 Å². The molecule has 20 heavy (non-hydrogen) atoms. The third-order valence-corrected chi connectivity index (χ3v) is 3.75. The highest BCUT2D eigenvalue weighted by atomic mass is 35.5. The van der Waals surface area contributed by atoms with E-state index in [0.717, 1.165) is 33.9 Å². The first-order valence-corrected chi connectivity index (χ1v) is 7.00. The number of halogens is 1. The SMILES string of the molecule is Cc1cccnc1Cn1c(CCl)nc2c(C)nn(C)c21. The zero-order valence-corrected chi connectivity index (χ0v) is 12.5. The smallest absolute Gasteiger partial charge is 0.159 e. The van der Waals surface area contributed by atoms with E-state index in [-0.39, 0.29) is 0 Å². The van der Waals surface area contributed by atoms with E-state index in [4.69, 9.17) is 11.6 Å². The topological polar surface area (TPSA) is 48.5 Å². The van der Waals surface area contributed by atoms with E-state index in [1.165, 1.54) is 0 Å². The number of aromatic nitrogens is 5. The minimum Gasteiger partial charge on any atom is -0.306 e. The van der Waals surface area contributed by atoms with Crippen molar-refractivity contribution in [2.45, 2.75) is 26.3 Å². The van der Waals surface area contributed by atoms with Gasteiger partial charge in [0.2, 0.25) is 0 Å². The van der Waals surface area contributed by atoms with Crippen LogP contribution in [0.25, 0.3) is 11.2 Å². The first kappa shape index (κ1) is 13.1. The van der Waals surface area contributed by atoms with Gasteiger partial charge >= 0.3 is 0 Å². The van der Waals surface area contributed by atoms with Crippen LogP contribution in [0, 0.1) is 13.8 Å². The number of pyridine rings is 1. The van der Waals surface area contributed by atoms with Gasteiger partial charge in [0.25, 0.3) is 0 Å². The lowest BCUT2D eigenvalue weighted by Crippen LogP contribution is -2.09. The van der Waals surface area contributed by atoms with Gasteiger partial charge in [-0.15, -0.1) is 11.6 Å². The van der Waals surface area contributed by atoms with Crippen LogP contribution < -0.4 is 0 Å². The average molecular weight is 290 g/mol. The summed E-state index contributed by atoms with van der Waals surface area (Å²) in [5, 5.41) is 4.42. The van der Waals surface area contributed by atoms with Crippen LogP contribution in [0.5, 0.6) is 0 Å². The summed E-state index contributed by atoms with van der Waals surface area (Å²) in [4.78, 5) is 9.05. The molecule has 0 aliphatic rings. The fraction of sp³-hybridized carbons (Fsp3) is 0.357. The molecule has 0 fully saturated rings. The third kappa shape index (κ3) is 1.98. The minimum absolute atomic E-state index is 0.375. The molecule has 0 aliphatic carbocycles. The second kappa shape index (κ2) is 4.90. The molecule has 3 rings (SSSR count). The monoisotopic (exact) mass is 289 g/mol. The molecule has 0 atom stereocenters. The second-order valence-corrected chi connectivity index (χ2v) is 5.16. The van der Waals surface area contributed by atoms with Crippen molar-refractivity contribution in [3.05, 3.63) is 41.1 Å². The van der Waals surface area contributed by atoms with E-state index in [0.29, 0.717) is 12.4 Å². The summed E-state index contributed by atoms with van der Waals surface area (Å²) in [7, 11) is 1.93. The Morgan fingerprint density at radius 1 is 1.30 bits per heavy atom. The quantitative estimate of drug-likeness (QED) is 0.696. The van der Waals surface area contributed by atoms with E-state index in [2.05, 4.69) is 32.6 Å². The van der Waals surface area contributed by atoms with Crippen LogP contribution in [-0.4, -0.2) is 24.3 Å². The zero-order valence-electron chi connectivity index (χ0n) is 11.8. The number of alkyl halides is 1. The molecule has 3 aromatic heterocycles. The van der Waals surface area contributed by atoms with Gasteiger partial charge in [-0.25, -0.2) is 4.98 Å². The number of nitrogens with zero attached hydrogens (tertiary/aromatic N) is 5. The highest BCUT2D eigenvalue weighted by molar-refractivity contribution is 6.16. The summed E-state index contributed by atoms with van der Waals surface area (Å²) in [5.41, 5.74) is 5.01. The van der Waals surface area contributed by atoms with Crippen molar-refractivity contribution in [1.82, 2.24) is 24.3 Å². The molecule has 104 valence electrons. The molecule has 0 saturated carbocycles. The molecule has 0 aliphatic heterocycles. The van der Waals surface area contributed by atoms with Crippen molar-refractivity contribution in [2.75, 3.05) is 0 Å². The maximum absolute atomic E-state index is 6.04. The van der Waals surface area contributed by atoms with Crippen LogP contribution in [0.15, 0.2) is 18.3 Å². The Balaban J connectivity index is 2.17. The number of hydrogen-bond acceptors (Lipinski definition) is 3. The lowest BCUT2D eigenvalue weighted by atomic mass is 10.2. The fourth-order valence-corrected chi connectivity index (χ4v) is 2.69. The summed E-state index contributed by atoms with van der Waals surface area (Å²) in [5.74, 6) is 1.22. The Kier molecular flexibility index (Phi) is 3.22. The summed E-state index contributed by atoms with van der Waals surface area (Å²) in [6.07, 6.45) is 1.81. The predicted molar refractivity (Wildman–Crippen MR) is 78.9 cm³/mol. The number of fused-ring (bicyclic) bond motifs is 1. The van der Waals surface area contributed by atoms with Crippen LogP contribution >= 0.6 is 11.6 Å². The summed E-state index contributed by atoms with van der Waals surface area (Å²) in [6.45, 7) is 4.68. The summed E-state index contributed by atoms with van der Waals surface area (Å²) in [6, 6.07) is 4.00. The fourth-order valence-electron chi connectivity index (χ4n) is 2.48. The lowest BCUT2D eigenvalue weighted by molar-refractivity contribution is 0.691. The molecule has 0 bridgehead atoms. The first-order valence-electron chi connectivity index (χ1n) is 6.47. The zero-order chi connectivity index (χ0) is 14.3. The number of aryl methyl sites for hydroxylation is 3. The molecular weight excluding hydrogens is 274 g/mol. The molecule has 3 heterocycles. The van der Waals surface area contributed by atoms with Gasteiger partial charge in [-0.1, -0.05) is 6.07 Å². The van der Waals surface area contributed by atoms with Gasteiger partial charge in [-0.05, 0) is 25.5 Å². The number of hydrogen-bond donors (Lipinski definition) is 0. The molecule has 0 unspecified atom stereocenters. The van der Waals surface area contributed by atoms with Gasteiger partial charge in [0.1, 0.15) is 11.3 Å². The standard InChI is InChI=1S/C14H16ClN5/c1-9-5-4-6-16-11(9)8-20-12(7-15)17-13-10(2)18-19(3)14(13)20/h4-6H,7-8H2,1-3H3. The van der Waals surface area contributed by atoms with Crippen molar-refractivity contribution < 1.29 is 0 Å². The van der Waals surface area contributed by atoms with Gasteiger partial charge in [-0.3, -0.25) is 9.67 Å². The average Bonchev–Trinajstić information content (AvgIpc) is 2.92. The van der Waals surface area contributed by atoms with E-state index in [9.17, 15) is 0 Å². The summed E-state index contributed by atoms with van der Waals surface area (Å²) < 4.78 is 3.95. The second-order valence-electron chi connectivity index (χ2n) is 4.90. The first-order chi connectivity index (χ1) is 9.61. The molecule has 0 N–H and O–H groups in total. The Hall–Kier alpha value is -1.88. The maximum atomic E-state index is 6.04. The van der Waals surface area contributed by atoms with Crippen LogP contribution in [0.4, 0.5) is 0 Å². The van der Waals surface area contributed by atoms with Crippen LogP contribution in [0.1, 0.15) is 22.8 Å². The van der Waals surface area contributed by atoms with Crippen molar-refractivity contribution in [3.63, 3.8) is 0 Å². The largest absolute Gasteiger partial charge is 0.306 e.